The van der Waals surface area contributed by atoms with Crippen LogP contribution < -0.4 is 0 Å². The van der Waals surface area contributed by atoms with E-state index in [4.69, 9.17) is 5.26 Å². The molecule has 0 aliphatic carbocycles. The highest BCUT2D eigenvalue weighted by Crippen LogP contribution is 2.31. The molecule has 0 radical (unpaired) electrons. The number of rotatable bonds is 2. The van der Waals surface area contributed by atoms with Gasteiger partial charge in [-0.05, 0) is 18.8 Å². The Bertz CT molecular complexity index is 452. The topological polar surface area (TPSA) is 61.2 Å². The number of nitrogens with zero attached hydrogens (tertiary/aromatic N) is 2. The molecule has 1 aliphatic heterocycles. The second-order valence-electron chi connectivity index (χ2n) is 5.40. The summed E-state index contributed by atoms with van der Waals surface area (Å²) >= 11 is 0. The molecule has 4 nitrogen and oxygen atoms in total. The second kappa shape index (κ2) is 4.79. The lowest BCUT2D eigenvalue weighted by molar-refractivity contribution is 0.388. The molecule has 1 aliphatic rings. The van der Waals surface area contributed by atoms with Gasteiger partial charge in [0.05, 0.1) is 6.07 Å². The van der Waals surface area contributed by atoms with Gasteiger partial charge in [0, 0.05) is 13.1 Å². The Labute approximate surface area is 104 Å². The molecule has 0 bridgehead atoms. The normalized spacial score (nSPS) is 20.5. The zero-order valence-electron chi connectivity index (χ0n) is 10.9. The minimum absolute atomic E-state index is 0.0939. The maximum Gasteiger partial charge on any atom is 0.230 e. The average molecular weight is 256 g/mol. The minimum Gasteiger partial charge on any atom is -0.211 e. The molecule has 17 heavy (non-hydrogen) atoms. The maximum atomic E-state index is 11.9. The van der Waals surface area contributed by atoms with Crippen molar-refractivity contribution < 1.29 is 8.42 Å². The van der Waals surface area contributed by atoms with E-state index in [-0.39, 0.29) is 5.41 Å². The van der Waals surface area contributed by atoms with Gasteiger partial charge >= 0.3 is 0 Å². The fourth-order valence-electron chi connectivity index (χ4n) is 1.85. The van der Waals surface area contributed by atoms with E-state index >= 15 is 0 Å². The van der Waals surface area contributed by atoms with Gasteiger partial charge in [0.25, 0.3) is 0 Å². The maximum absolute atomic E-state index is 11.9. The molecule has 0 aromatic heterocycles. The average Bonchev–Trinajstić information content (AvgIpc) is 2.27. The van der Waals surface area contributed by atoms with Gasteiger partial charge in [0.15, 0.2) is 5.25 Å². The first kappa shape index (κ1) is 14.2. The molecule has 1 heterocycles. The summed E-state index contributed by atoms with van der Waals surface area (Å²) in [5.41, 5.74) is 1.38. The summed E-state index contributed by atoms with van der Waals surface area (Å²) in [6.07, 6.45) is 2.73. The smallest absolute Gasteiger partial charge is 0.211 e. The van der Waals surface area contributed by atoms with Gasteiger partial charge in [0.2, 0.25) is 10.0 Å². The summed E-state index contributed by atoms with van der Waals surface area (Å²) in [5, 5.41) is 7.75. The van der Waals surface area contributed by atoms with Gasteiger partial charge in [-0.15, -0.1) is 0 Å². The van der Waals surface area contributed by atoms with Crippen molar-refractivity contribution >= 4 is 10.0 Å². The summed E-state index contributed by atoms with van der Waals surface area (Å²) in [6.45, 7) is 8.68. The van der Waals surface area contributed by atoms with E-state index in [1.54, 1.807) is 6.07 Å². The molecule has 0 aromatic carbocycles. The third-order valence-corrected chi connectivity index (χ3v) is 5.17. The van der Waals surface area contributed by atoms with Crippen LogP contribution in [0.15, 0.2) is 11.6 Å². The molecule has 0 fully saturated rings. The van der Waals surface area contributed by atoms with Crippen LogP contribution in [0.5, 0.6) is 0 Å². The van der Waals surface area contributed by atoms with E-state index in [9.17, 15) is 8.42 Å². The van der Waals surface area contributed by atoms with Gasteiger partial charge < -0.3 is 0 Å². The van der Waals surface area contributed by atoms with Crippen molar-refractivity contribution in [2.24, 2.45) is 5.41 Å². The summed E-state index contributed by atoms with van der Waals surface area (Å²) in [7, 11) is -3.45. The fourth-order valence-corrected chi connectivity index (χ4v) is 3.06. The lowest BCUT2D eigenvalue weighted by atomic mass is 9.83. The van der Waals surface area contributed by atoms with Crippen LogP contribution in [0.4, 0.5) is 0 Å². The lowest BCUT2D eigenvalue weighted by Crippen LogP contribution is -2.40. The summed E-state index contributed by atoms with van der Waals surface area (Å²) in [6, 6.07) is 1.79. The Morgan fingerprint density at radius 1 is 1.47 bits per heavy atom. The third kappa shape index (κ3) is 3.08. The SMILES string of the molecule is CC(C#N)S(=O)(=O)N1CC=C(C(C)(C)C)CC1. The van der Waals surface area contributed by atoms with E-state index < -0.39 is 15.3 Å². The summed E-state index contributed by atoms with van der Waals surface area (Å²) in [5.74, 6) is 0. The molecule has 0 saturated carbocycles. The lowest BCUT2D eigenvalue weighted by Gasteiger charge is -2.32. The van der Waals surface area contributed by atoms with Gasteiger partial charge in [-0.2, -0.15) is 9.57 Å². The summed E-state index contributed by atoms with van der Waals surface area (Å²) in [4.78, 5) is 0. The van der Waals surface area contributed by atoms with E-state index in [2.05, 4.69) is 20.8 Å². The van der Waals surface area contributed by atoms with Crippen LogP contribution in [0, 0.1) is 16.7 Å². The van der Waals surface area contributed by atoms with Crippen LogP contribution >= 0.6 is 0 Å². The highest BCUT2D eigenvalue weighted by molar-refractivity contribution is 7.89. The molecule has 96 valence electrons. The van der Waals surface area contributed by atoms with E-state index in [0.717, 1.165) is 6.42 Å². The van der Waals surface area contributed by atoms with Crippen molar-refractivity contribution in [1.82, 2.24) is 4.31 Å². The van der Waals surface area contributed by atoms with Gasteiger partial charge in [-0.25, -0.2) is 8.42 Å². The molecular weight excluding hydrogens is 236 g/mol. The first-order valence-electron chi connectivity index (χ1n) is 5.77. The Balaban J connectivity index is 2.84. The quantitative estimate of drug-likeness (QED) is 0.709. The second-order valence-corrected chi connectivity index (χ2v) is 7.66. The molecule has 5 heteroatoms. The largest absolute Gasteiger partial charge is 0.230 e. The molecule has 1 rings (SSSR count). The highest BCUT2D eigenvalue weighted by atomic mass is 32.2. The summed E-state index contributed by atoms with van der Waals surface area (Å²) < 4.78 is 25.3. The van der Waals surface area contributed by atoms with Crippen molar-refractivity contribution in [3.8, 4) is 6.07 Å². The standard InChI is InChI=1S/C12H20N2O2S/c1-10(9-13)17(15,16)14-7-5-11(6-8-14)12(2,3)4/h5,10H,6-8H2,1-4H3. The third-order valence-electron chi connectivity index (χ3n) is 3.12. The van der Waals surface area contributed by atoms with Crippen LogP contribution in [0.1, 0.15) is 34.1 Å². The van der Waals surface area contributed by atoms with Crippen molar-refractivity contribution in [2.45, 2.75) is 39.4 Å². The van der Waals surface area contributed by atoms with Crippen molar-refractivity contribution in [1.29, 1.82) is 5.26 Å². The van der Waals surface area contributed by atoms with E-state index in [1.807, 2.05) is 6.08 Å². The van der Waals surface area contributed by atoms with E-state index in [1.165, 1.54) is 16.8 Å². The molecule has 1 unspecified atom stereocenters. The molecule has 0 N–H and O–H groups in total. The zero-order chi connectivity index (χ0) is 13.3. The molecular formula is C12H20N2O2S. The van der Waals surface area contributed by atoms with Crippen LogP contribution in [0.25, 0.3) is 0 Å². The number of sulfonamides is 1. The Morgan fingerprint density at radius 3 is 2.41 bits per heavy atom. The molecule has 0 saturated heterocycles. The first-order valence-corrected chi connectivity index (χ1v) is 7.28. The number of hydrogen-bond donors (Lipinski definition) is 0. The molecule has 0 aromatic rings. The Morgan fingerprint density at radius 2 is 2.06 bits per heavy atom. The van der Waals surface area contributed by atoms with Crippen molar-refractivity contribution in [2.75, 3.05) is 13.1 Å². The predicted octanol–water partition coefficient (Wildman–Crippen LogP) is 1.91. The highest BCUT2D eigenvalue weighted by Gasteiger charge is 2.31. The molecule has 0 spiro atoms. The van der Waals surface area contributed by atoms with E-state index in [0.29, 0.717) is 13.1 Å². The molecule has 1 atom stereocenters. The van der Waals surface area contributed by atoms with Crippen molar-refractivity contribution in [3.05, 3.63) is 11.6 Å². The minimum atomic E-state index is -3.45. The van der Waals surface area contributed by atoms with Crippen LogP contribution in [0.2, 0.25) is 0 Å². The first-order chi connectivity index (χ1) is 7.69. The number of hydrogen-bond acceptors (Lipinski definition) is 3. The van der Waals surface area contributed by atoms with Gasteiger partial charge in [-0.3, -0.25) is 0 Å². The fraction of sp³-hybridized carbons (Fsp3) is 0.750. The van der Waals surface area contributed by atoms with Crippen molar-refractivity contribution in [3.63, 3.8) is 0 Å². The predicted molar refractivity (Wildman–Crippen MR) is 67.7 cm³/mol. The Kier molecular flexibility index (Phi) is 4.00. The number of nitriles is 1. The van der Waals surface area contributed by atoms with Crippen LogP contribution in [0.3, 0.4) is 0 Å². The van der Waals surface area contributed by atoms with Crippen LogP contribution in [-0.2, 0) is 10.0 Å². The van der Waals surface area contributed by atoms with Gasteiger partial charge in [-0.1, -0.05) is 32.4 Å². The molecule has 0 amide bonds. The zero-order valence-corrected chi connectivity index (χ0v) is 11.7. The van der Waals surface area contributed by atoms with Gasteiger partial charge in [0.1, 0.15) is 0 Å². The monoisotopic (exact) mass is 256 g/mol. The van der Waals surface area contributed by atoms with Crippen LogP contribution in [-0.4, -0.2) is 31.1 Å². The Hall–Kier alpha value is -0.860.